The number of hydrogen-bond acceptors (Lipinski definition) is 3. The van der Waals surface area contributed by atoms with Gasteiger partial charge in [0.2, 0.25) is 0 Å². The molecule has 3 saturated heterocycles. The Morgan fingerprint density at radius 2 is 1.54 bits per heavy atom. The number of carbonyl (C=O) groups excluding carboxylic acids is 3. The van der Waals surface area contributed by atoms with Crippen molar-refractivity contribution in [3.05, 3.63) is 65.2 Å². The Labute approximate surface area is 163 Å². The SMILES string of the molecule is O=C(N[C@@H]1C[NH+]2CCC1CC2)c1ccc(N2C(=O)c3ccccc3C2=O)cc1. The molecule has 3 fully saturated rings. The van der Waals surface area contributed by atoms with Crippen LogP contribution in [0.15, 0.2) is 48.5 Å². The molecule has 0 unspecified atom stereocenters. The van der Waals surface area contributed by atoms with Crippen LogP contribution in [0.5, 0.6) is 0 Å². The van der Waals surface area contributed by atoms with E-state index in [4.69, 9.17) is 0 Å². The van der Waals surface area contributed by atoms with Crippen LogP contribution in [0.1, 0.15) is 43.9 Å². The summed E-state index contributed by atoms with van der Waals surface area (Å²) in [5.74, 6) is -0.160. The highest BCUT2D eigenvalue weighted by molar-refractivity contribution is 6.34. The molecule has 3 amide bonds. The second kappa shape index (κ2) is 6.56. The number of benzene rings is 2. The summed E-state index contributed by atoms with van der Waals surface area (Å²) in [6.07, 6.45) is 2.36. The molecule has 0 spiro atoms. The molecule has 1 atom stereocenters. The van der Waals surface area contributed by atoms with E-state index in [1.54, 1.807) is 53.4 Å². The summed E-state index contributed by atoms with van der Waals surface area (Å²) in [6, 6.07) is 13.7. The molecule has 142 valence electrons. The minimum absolute atomic E-state index is 0.0907. The van der Waals surface area contributed by atoms with Gasteiger partial charge in [-0.3, -0.25) is 14.4 Å². The van der Waals surface area contributed by atoms with Crippen LogP contribution in [-0.4, -0.2) is 43.4 Å². The van der Waals surface area contributed by atoms with Gasteiger partial charge in [-0.25, -0.2) is 4.90 Å². The number of nitrogens with zero attached hydrogens (tertiary/aromatic N) is 1. The van der Waals surface area contributed by atoms with Gasteiger partial charge in [0.25, 0.3) is 17.7 Å². The lowest BCUT2D eigenvalue weighted by Gasteiger charge is -2.42. The highest BCUT2D eigenvalue weighted by Gasteiger charge is 2.38. The van der Waals surface area contributed by atoms with Crippen molar-refractivity contribution < 1.29 is 19.3 Å². The molecule has 4 aliphatic heterocycles. The normalized spacial score (nSPS) is 25.7. The molecule has 2 N–H and O–H groups in total. The van der Waals surface area contributed by atoms with Gasteiger partial charge in [-0.2, -0.15) is 0 Å². The lowest BCUT2D eigenvalue weighted by Crippen LogP contribution is -3.17. The van der Waals surface area contributed by atoms with Crippen LogP contribution >= 0.6 is 0 Å². The molecule has 2 aromatic rings. The maximum Gasteiger partial charge on any atom is 0.266 e. The Kier molecular flexibility index (Phi) is 4.02. The third kappa shape index (κ3) is 2.72. The van der Waals surface area contributed by atoms with Gasteiger partial charge < -0.3 is 10.2 Å². The first kappa shape index (κ1) is 17.1. The average Bonchev–Trinajstić information content (AvgIpc) is 3.00. The molecule has 0 radical (unpaired) electrons. The fraction of sp³-hybridized carbons (Fsp3) is 0.318. The van der Waals surface area contributed by atoms with Gasteiger partial charge >= 0.3 is 0 Å². The summed E-state index contributed by atoms with van der Waals surface area (Å²) in [4.78, 5) is 40.6. The maximum atomic E-state index is 12.7. The highest BCUT2D eigenvalue weighted by atomic mass is 16.2. The quantitative estimate of drug-likeness (QED) is 0.782. The lowest BCUT2D eigenvalue weighted by atomic mass is 9.84. The van der Waals surface area contributed by atoms with Crippen molar-refractivity contribution in [1.82, 2.24) is 5.32 Å². The number of piperidine rings is 3. The number of quaternary nitrogens is 1. The maximum absolute atomic E-state index is 12.7. The number of carbonyl (C=O) groups is 3. The Morgan fingerprint density at radius 1 is 0.929 bits per heavy atom. The van der Waals surface area contributed by atoms with Gasteiger partial charge in [0.05, 0.1) is 42.5 Å². The van der Waals surface area contributed by atoms with E-state index in [0.29, 0.717) is 28.3 Å². The number of fused-ring (bicyclic) bond motifs is 4. The molecule has 4 aliphatic rings. The fourth-order valence-corrected chi connectivity index (χ4v) is 4.74. The summed E-state index contributed by atoms with van der Waals surface area (Å²) in [5.41, 5.74) is 1.86. The number of imide groups is 1. The third-order valence-corrected chi connectivity index (χ3v) is 6.31. The lowest BCUT2D eigenvalue weighted by molar-refractivity contribution is -0.917. The summed E-state index contributed by atoms with van der Waals surface area (Å²) < 4.78 is 0. The first-order valence-corrected chi connectivity index (χ1v) is 9.84. The van der Waals surface area contributed by atoms with Gasteiger partial charge in [0.15, 0.2) is 0 Å². The topological polar surface area (TPSA) is 70.9 Å². The van der Waals surface area contributed by atoms with Gasteiger partial charge in [-0.05, 0) is 42.3 Å². The molecule has 0 aromatic heterocycles. The summed E-state index contributed by atoms with van der Waals surface area (Å²) in [6.45, 7) is 3.43. The van der Waals surface area contributed by atoms with Crippen molar-refractivity contribution >= 4 is 23.4 Å². The largest absolute Gasteiger partial charge is 0.343 e. The molecule has 6 rings (SSSR count). The average molecular weight is 376 g/mol. The Morgan fingerprint density at radius 3 is 2.07 bits per heavy atom. The zero-order valence-corrected chi connectivity index (χ0v) is 15.5. The van der Waals surface area contributed by atoms with Gasteiger partial charge in [0, 0.05) is 18.4 Å². The molecule has 28 heavy (non-hydrogen) atoms. The molecule has 2 bridgehead atoms. The number of anilines is 1. The van der Waals surface area contributed by atoms with Crippen molar-refractivity contribution in [2.45, 2.75) is 18.9 Å². The zero-order chi connectivity index (χ0) is 19.3. The molecular weight excluding hydrogens is 354 g/mol. The molecule has 0 saturated carbocycles. The third-order valence-electron chi connectivity index (χ3n) is 6.31. The van der Waals surface area contributed by atoms with Crippen molar-refractivity contribution in [3.8, 4) is 0 Å². The first-order valence-electron chi connectivity index (χ1n) is 9.84. The van der Waals surface area contributed by atoms with Crippen LogP contribution < -0.4 is 15.1 Å². The van der Waals surface area contributed by atoms with Crippen LogP contribution in [-0.2, 0) is 0 Å². The number of nitrogens with one attached hydrogen (secondary N) is 2. The summed E-state index contributed by atoms with van der Waals surface area (Å²) in [7, 11) is 0. The Hall–Kier alpha value is -2.99. The van der Waals surface area contributed by atoms with Crippen LogP contribution in [0, 0.1) is 5.92 Å². The minimum atomic E-state index is -0.326. The molecule has 0 aliphatic carbocycles. The van der Waals surface area contributed by atoms with Gasteiger partial charge in [-0.1, -0.05) is 12.1 Å². The van der Waals surface area contributed by atoms with E-state index < -0.39 is 0 Å². The first-order chi connectivity index (χ1) is 13.6. The van der Waals surface area contributed by atoms with E-state index in [0.717, 1.165) is 6.54 Å². The second-order valence-electron chi connectivity index (χ2n) is 7.91. The van der Waals surface area contributed by atoms with E-state index in [1.165, 1.54) is 30.8 Å². The predicted molar refractivity (Wildman–Crippen MR) is 104 cm³/mol. The second-order valence-corrected chi connectivity index (χ2v) is 7.91. The van der Waals surface area contributed by atoms with E-state index in [2.05, 4.69) is 5.32 Å². The monoisotopic (exact) mass is 376 g/mol. The van der Waals surface area contributed by atoms with Crippen molar-refractivity contribution in [2.75, 3.05) is 24.5 Å². The predicted octanol–water partition coefficient (Wildman–Crippen LogP) is 0.894. The molecule has 6 nitrogen and oxygen atoms in total. The zero-order valence-electron chi connectivity index (χ0n) is 15.5. The molecular formula is C22H22N3O3+. The Bertz CT molecular complexity index is 926. The van der Waals surface area contributed by atoms with Gasteiger partial charge in [-0.15, -0.1) is 0 Å². The van der Waals surface area contributed by atoms with Crippen LogP contribution in [0.25, 0.3) is 0 Å². The van der Waals surface area contributed by atoms with Crippen molar-refractivity contribution in [2.24, 2.45) is 5.92 Å². The molecule has 2 aromatic carbocycles. The van der Waals surface area contributed by atoms with E-state index in [9.17, 15) is 14.4 Å². The molecule has 4 heterocycles. The fourth-order valence-electron chi connectivity index (χ4n) is 4.74. The minimum Gasteiger partial charge on any atom is -0.343 e. The van der Waals surface area contributed by atoms with Crippen LogP contribution in [0.3, 0.4) is 0 Å². The molecule has 6 heteroatoms. The van der Waals surface area contributed by atoms with Gasteiger partial charge in [0.1, 0.15) is 0 Å². The summed E-state index contributed by atoms with van der Waals surface area (Å²) in [5, 5.41) is 3.18. The standard InChI is InChI=1S/C22H21N3O3/c26-20(23-19-13-24-11-9-14(19)10-12-24)15-5-7-16(8-6-15)25-21(27)17-3-1-2-4-18(17)22(25)28/h1-8,14,19H,9-13H2,(H,23,26)/p+1/t19-/m1/s1. The Balaban J connectivity index is 1.32. The number of amides is 3. The smallest absolute Gasteiger partial charge is 0.266 e. The van der Waals surface area contributed by atoms with E-state index in [1.807, 2.05) is 0 Å². The summed E-state index contributed by atoms with van der Waals surface area (Å²) >= 11 is 0. The van der Waals surface area contributed by atoms with Crippen molar-refractivity contribution in [3.63, 3.8) is 0 Å². The van der Waals surface area contributed by atoms with Crippen LogP contribution in [0.4, 0.5) is 5.69 Å². The number of rotatable bonds is 3. The van der Waals surface area contributed by atoms with E-state index >= 15 is 0 Å². The van der Waals surface area contributed by atoms with Crippen molar-refractivity contribution in [1.29, 1.82) is 0 Å². The number of hydrogen-bond donors (Lipinski definition) is 2. The highest BCUT2D eigenvalue weighted by Crippen LogP contribution is 2.28. The van der Waals surface area contributed by atoms with E-state index in [-0.39, 0.29) is 23.8 Å². The van der Waals surface area contributed by atoms with Crippen LogP contribution in [0.2, 0.25) is 0 Å².